The molecule has 1 unspecified atom stereocenters. The van der Waals surface area contributed by atoms with Crippen LogP contribution in [0.1, 0.15) is 12.6 Å². The van der Waals surface area contributed by atoms with E-state index in [4.69, 9.17) is 11.0 Å². The first kappa shape index (κ1) is 10.1. The van der Waals surface area contributed by atoms with Gasteiger partial charge >= 0.3 is 0 Å². The molecule has 0 radical (unpaired) electrons. The largest absolute Gasteiger partial charge is 0.396 e. The van der Waals surface area contributed by atoms with Crippen LogP contribution in [0.3, 0.4) is 0 Å². The van der Waals surface area contributed by atoms with Crippen LogP contribution in [0.5, 0.6) is 0 Å². The van der Waals surface area contributed by atoms with Crippen LogP contribution in [-0.2, 0) is 0 Å². The van der Waals surface area contributed by atoms with Gasteiger partial charge in [-0.15, -0.1) is 6.58 Å². The summed E-state index contributed by atoms with van der Waals surface area (Å²) in [6.07, 6.45) is 1.75. The van der Waals surface area contributed by atoms with E-state index >= 15 is 0 Å². The Morgan fingerprint density at radius 3 is 3.00 bits per heavy atom. The Hall–Kier alpha value is -2.02. The molecule has 1 heterocycles. The predicted molar refractivity (Wildman–Crippen MR) is 56.6 cm³/mol. The number of nitriles is 1. The molecule has 0 saturated heterocycles. The number of nitrogens with one attached hydrogen (secondary N) is 1. The van der Waals surface area contributed by atoms with Crippen molar-refractivity contribution in [1.29, 1.82) is 5.26 Å². The number of pyridine rings is 1. The van der Waals surface area contributed by atoms with Gasteiger partial charge in [-0.25, -0.2) is 4.98 Å². The fraction of sp³-hybridized carbons (Fsp3) is 0.200. The number of rotatable bonds is 3. The molecule has 0 spiro atoms. The van der Waals surface area contributed by atoms with Crippen LogP contribution in [0.15, 0.2) is 24.8 Å². The zero-order chi connectivity index (χ0) is 10.6. The third-order valence-corrected chi connectivity index (χ3v) is 1.76. The van der Waals surface area contributed by atoms with Crippen molar-refractivity contribution in [1.82, 2.24) is 4.98 Å². The van der Waals surface area contributed by atoms with Crippen molar-refractivity contribution in [3.63, 3.8) is 0 Å². The predicted octanol–water partition coefficient (Wildman–Crippen LogP) is 1.52. The van der Waals surface area contributed by atoms with Crippen LogP contribution in [0.2, 0.25) is 0 Å². The molecule has 0 aliphatic heterocycles. The first-order valence-corrected chi connectivity index (χ1v) is 4.23. The van der Waals surface area contributed by atoms with Crippen molar-refractivity contribution < 1.29 is 0 Å². The molecule has 0 aliphatic rings. The molecular weight excluding hydrogens is 176 g/mol. The maximum atomic E-state index is 8.69. The minimum atomic E-state index is 0.109. The van der Waals surface area contributed by atoms with E-state index in [9.17, 15) is 0 Å². The summed E-state index contributed by atoms with van der Waals surface area (Å²) in [5.74, 6) is 0.628. The zero-order valence-corrected chi connectivity index (χ0v) is 7.99. The molecule has 4 heteroatoms. The van der Waals surface area contributed by atoms with Gasteiger partial charge in [0.2, 0.25) is 0 Å². The molecule has 1 aromatic rings. The summed E-state index contributed by atoms with van der Waals surface area (Å²) < 4.78 is 0. The van der Waals surface area contributed by atoms with Gasteiger partial charge < -0.3 is 11.1 Å². The van der Waals surface area contributed by atoms with Crippen LogP contribution in [-0.4, -0.2) is 11.0 Å². The average Bonchev–Trinajstić information content (AvgIpc) is 2.20. The van der Waals surface area contributed by atoms with E-state index in [1.54, 1.807) is 18.2 Å². The Labute approximate surface area is 83.1 Å². The van der Waals surface area contributed by atoms with E-state index in [1.807, 2.05) is 13.0 Å². The van der Waals surface area contributed by atoms with E-state index in [0.29, 0.717) is 11.5 Å². The van der Waals surface area contributed by atoms with Gasteiger partial charge in [-0.3, -0.25) is 0 Å². The molecule has 1 aromatic heterocycles. The number of nitrogens with two attached hydrogens (primary N) is 1. The van der Waals surface area contributed by atoms with Gasteiger partial charge in [0.05, 0.1) is 5.69 Å². The Morgan fingerprint density at radius 2 is 2.43 bits per heavy atom. The van der Waals surface area contributed by atoms with Crippen LogP contribution in [0.4, 0.5) is 11.5 Å². The van der Waals surface area contributed by atoms with Gasteiger partial charge in [0, 0.05) is 6.04 Å². The van der Waals surface area contributed by atoms with Gasteiger partial charge in [-0.1, -0.05) is 6.08 Å². The van der Waals surface area contributed by atoms with E-state index in [-0.39, 0.29) is 11.7 Å². The van der Waals surface area contributed by atoms with Crippen molar-refractivity contribution in [3.05, 3.63) is 30.5 Å². The molecule has 0 aliphatic carbocycles. The topological polar surface area (TPSA) is 74.7 Å². The van der Waals surface area contributed by atoms with Gasteiger partial charge in [-0.2, -0.15) is 5.26 Å². The molecular formula is C10H12N4. The summed E-state index contributed by atoms with van der Waals surface area (Å²) in [4.78, 5) is 4.03. The standard InChI is InChI=1S/C10H12N4/c1-3-7(2)13-10-5-4-8(12)9(6-11)14-10/h3-5,7H,1,12H2,2H3,(H,13,14). The van der Waals surface area contributed by atoms with Crippen LogP contribution < -0.4 is 11.1 Å². The van der Waals surface area contributed by atoms with E-state index in [0.717, 1.165) is 0 Å². The molecule has 4 nitrogen and oxygen atoms in total. The highest BCUT2D eigenvalue weighted by molar-refractivity contribution is 5.54. The third-order valence-electron chi connectivity index (χ3n) is 1.76. The summed E-state index contributed by atoms with van der Waals surface area (Å²) in [7, 11) is 0. The Balaban J connectivity index is 2.91. The molecule has 0 aromatic carbocycles. The summed E-state index contributed by atoms with van der Waals surface area (Å²) in [6, 6.07) is 5.42. The first-order chi connectivity index (χ1) is 6.67. The first-order valence-electron chi connectivity index (χ1n) is 4.23. The molecule has 0 amide bonds. The quantitative estimate of drug-likeness (QED) is 0.705. The Bertz CT molecular complexity index is 378. The van der Waals surface area contributed by atoms with Crippen LogP contribution in [0.25, 0.3) is 0 Å². The minimum Gasteiger partial charge on any atom is -0.396 e. The Morgan fingerprint density at radius 1 is 1.71 bits per heavy atom. The number of anilines is 2. The van der Waals surface area contributed by atoms with E-state index < -0.39 is 0 Å². The summed E-state index contributed by atoms with van der Waals surface area (Å²) >= 11 is 0. The second kappa shape index (κ2) is 4.28. The van der Waals surface area contributed by atoms with E-state index in [1.165, 1.54) is 0 Å². The second-order valence-electron chi connectivity index (χ2n) is 2.91. The van der Waals surface area contributed by atoms with Gasteiger partial charge in [0.25, 0.3) is 0 Å². The second-order valence-corrected chi connectivity index (χ2v) is 2.91. The molecule has 1 rings (SSSR count). The maximum absolute atomic E-state index is 8.69. The van der Waals surface area contributed by atoms with Crippen molar-refractivity contribution in [2.75, 3.05) is 11.1 Å². The van der Waals surface area contributed by atoms with Crippen LogP contribution >= 0.6 is 0 Å². The number of aromatic nitrogens is 1. The van der Waals surface area contributed by atoms with Gasteiger partial charge in [-0.05, 0) is 19.1 Å². The SMILES string of the molecule is C=CC(C)Nc1ccc(N)c(C#N)n1. The smallest absolute Gasteiger partial charge is 0.165 e. The third kappa shape index (κ3) is 2.23. The maximum Gasteiger partial charge on any atom is 0.165 e. The molecule has 0 saturated carbocycles. The molecule has 14 heavy (non-hydrogen) atoms. The highest BCUT2D eigenvalue weighted by Gasteiger charge is 2.02. The molecule has 72 valence electrons. The summed E-state index contributed by atoms with van der Waals surface area (Å²) in [5, 5.41) is 11.8. The monoisotopic (exact) mass is 188 g/mol. The fourth-order valence-electron chi connectivity index (χ4n) is 0.932. The normalized spacial score (nSPS) is 11.4. The number of hydrogen-bond acceptors (Lipinski definition) is 4. The van der Waals surface area contributed by atoms with Crippen molar-refractivity contribution in [2.45, 2.75) is 13.0 Å². The zero-order valence-electron chi connectivity index (χ0n) is 7.99. The number of nitrogen functional groups attached to an aromatic ring is 1. The van der Waals surface area contributed by atoms with Crippen molar-refractivity contribution in [3.8, 4) is 6.07 Å². The lowest BCUT2D eigenvalue weighted by atomic mass is 10.3. The lowest BCUT2D eigenvalue weighted by Crippen LogP contribution is -2.13. The van der Waals surface area contributed by atoms with Gasteiger partial charge in [0.15, 0.2) is 5.69 Å². The lowest BCUT2D eigenvalue weighted by molar-refractivity contribution is 0.982. The molecule has 3 N–H and O–H groups in total. The highest BCUT2D eigenvalue weighted by Crippen LogP contribution is 2.12. The highest BCUT2D eigenvalue weighted by atomic mass is 15.0. The number of nitrogens with zero attached hydrogens (tertiary/aromatic N) is 2. The van der Waals surface area contributed by atoms with Crippen molar-refractivity contribution >= 4 is 11.5 Å². The van der Waals surface area contributed by atoms with Gasteiger partial charge in [0.1, 0.15) is 11.9 Å². The lowest BCUT2D eigenvalue weighted by Gasteiger charge is -2.10. The number of hydrogen-bond donors (Lipinski definition) is 2. The molecule has 0 bridgehead atoms. The van der Waals surface area contributed by atoms with Crippen LogP contribution in [0, 0.1) is 11.3 Å². The summed E-state index contributed by atoms with van der Waals surface area (Å²) in [6.45, 7) is 5.58. The summed E-state index contributed by atoms with van der Waals surface area (Å²) in [5.41, 5.74) is 6.17. The molecule has 0 fully saturated rings. The molecule has 1 atom stereocenters. The Kier molecular flexibility index (Phi) is 3.08. The van der Waals surface area contributed by atoms with E-state index in [2.05, 4.69) is 16.9 Å². The fourth-order valence-corrected chi connectivity index (χ4v) is 0.932. The minimum absolute atomic E-state index is 0.109. The van der Waals surface area contributed by atoms with Crippen molar-refractivity contribution in [2.24, 2.45) is 0 Å². The average molecular weight is 188 g/mol.